The van der Waals surface area contributed by atoms with Gasteiger partial charge in [-0.05, 0) is 48.4 Å². The van der Waals surface area contributed by atoms with E-state index in [0.29, 0.717) is 5.69 Å². The van der Waals surface area contributed by atoms with Gasteiger partial charge in [0.2, 0.25) is 5.91 Å². The van der Waals surface area contributed by atoms with Crippen LogP contribution in [-0.4, -0.2) is 17.0 Å². The molecule has 0 heterocycles. The molecule has 0 radical (unpaired) electrons. The summed E-state index contributed by atoms with van der Waals surface area (Å²) in [4.78, 5) is 23.1. The standard InChI is InChI=1S/C15H19NO3/c1-9(2)13(15(18)19)14(17)16-12-7-6-10-4-3-5-11(10)8-12/h6-9,13H,3-5H2,1-2H3,(H,16,17)(H,18,19). The van der Waals surface area contributed by atoms with Crippen LogP contribution in [0.2, 0.25) is 0 Å². The molecule has 1 aromatic carbocycles. The molecular formula is C15H19NO3. The average molecular weight is 261 g/mol. The number of hydrogen-bond acceptors (Lipinski definition) is 2. The zero-order valence-electron chi connectivity index (χ0n) is 11.3. The Kier molecular flexibility index (Phi) is 3.88. The summed E-state index contributed by atoms with van der Waals surface area (Å²) in [5, 5.41) is 11.8. The van der Waals surface area contributed by atoms with E-state index in [-0.39, 0.29) is 5.92 Å². The first-order chi connectivity index (χ1) is 8.99. The molecule has 1 amide bonds. The summed E-state index contributed by atoms with van der Waals surface area (Å²) in [5.41, 5.74) is 3.28. The van der Waals surface area contributed by atoms with Crippen molar-refractivity contribution in [1.29, 1.82) is 0 Å². The monoisotopic (exact) mass is 261 g/mol. The lowest BCUT2D eigenvalue weighted by molar-refractivity contribution is -0.147. The summed E-state index contributed by atoms with van der Waals surface area (Å²) in [6, 6.07) is 5.82. The van der Waals surface area contributed by atoms with Crippen molar-refractivity contribution in [1.82, 2.24) is 0 Å². The quantitative estimate of drug-likeness (QED) is 0.818. The number of carbonyl (C=O) groups excluding carboxylic acids is 1. The lowest BCUT2D eigenvalue weighted by atomic mass is 9.95. The fourth-order valence-electron chi connectivity index (χ4n) is 2.57. The fraction of sp³-hybridized carbons (Fsp3) is 0.467. The van der Waals surface area contributed by atoms with Gasteiger partial charge in [-0.15, -0.1) is 0 Å². The first kappa shape index (κ1) is 13.6. The number of carboxylic acids is 1. The number of hydrogen-bond donors (Lipinski definition) is 2. The second kappa shape index (κ2) is 5.43. The zero-order valence-corrected chi connectivity index (χ0v) is 11.3. The van der Waals surface area contributed by atoms with Gasteiger partial charge < -0.3 is 10.4 Å². The Morgan fingerprint density at radius 3 is 2.53 bits per heavy atom. The van der Waals surface area contributed by atoms with Crippen molar-refractivity contribution in [3.05, 3.63) is 29.3 Å². The van der Waals surface area contributed by atoms with Gasteiger partial charge in [0.25, 0.3) is 0 Å². The average Bonchev–Trinajstić information content (AvgIpc) is 2.74. The van der Waals surface area contributed by atoms with Gasteiger partial charge >= 0.3 is 5.97 Å². The van der Waals surface area contributed by atoms with Gasteiger partial charge in [-0.3, -0.25) is 9.59 Å². The van der Waals surface area contributed by atoms with Gasteiger partial charge in [0.15, 0.2) is 0 Å². The Hall–Kier alpha value is -1.84. The molecule has 19 heavy (non-hydrogen) atoms. The van der Waals surface area contributed by atoms with Crippen LogP contribution in [0.4, 0.5) is 5.69 Å². The maximum atomic E-state index is 12.0. The topological polar surface area (TPSA) is 66.4 Å². The van der Waals surface area contributed by atoms with Crippen LogP contribution < -0.4 is 5.32 Å². The van der Waals surface area contributed by atoms with Crippen molar-refractivity contribution in [2.24, 2.45) is 11.8 Å². The van der Waals surface area contributed by atoms with Crippen LogP contribution >= 0.6 is 0 Å². The summed E-state index contributed by atoms with van der Waals surface area (Å²) < 4.78 is 0. The number of aryl methyl sites for hydroxylation is 2. The van der Waals surface area contributed by atoms with Crippen LogP contribution in [0.1, 0.15) is 31.4 Å². The molecule has 0 saturated heterocycles. The molecule has 1 aliphatic rings. The number of carboxylic acid groups (broad SMARTS) is 1. The number of aliphatic carboxylic acids is 1. The minimum absolute atomic E-state index is 0.230. The summed E-state index contributed by atoms with van der Waals surface area (Å²) in [6.45, 7) is 3.47. The van der Waals surface area contributed by atoms with E-state index in [4.69, 9.17) is 5.11 Å². The van der Waals surface area contributed by atoms with Crippen molar-refractivity contribution in [3.8, 4) is 0 Å². The first-order valence-electron chi connectivity index (χ1n) is 6.64. The third kappa shape index (κ3) is 2.95. The number of fused-ring (bicyclic) bond motifs is 1. The maximum Gasteiger partial charge on any atom is 0.316 e. The molecule has 1 unspecified atom stereocenters. The van der Waals surface area contributed by atoms with E-state index in [1.54, 1.807) is 13.8 Å². The van der Waals surface area contributed by atoms with Gasteiger partial charge in [-0.2, -0.15) is 0 Å². The second-order valence-corrected chi connectivity index (χ2v) is 5.39. The highest BCUT2D eigenvalue weighted by atomic mass is 16.4. The normalized spacial score (nSPS) is 15.1. The number of nitrogens with one attached hydrogen (secondary N) is 1. The molecule has 0 aliphatic heterocycles. The number of benzene rings is 1. The minimum Gasteiger partial charge on any atom is -0.481 e. The van der Waals surface area contributed by atoms with Crippen molar-refractivity contribution < 1.29 is 14.7 Å². The molecule has 1 aliphatic carbocycles. The third-order valence-corrected chi connectivity index (χ3v) is 3.58. The van der Waals surface area contributed by atoms with Gasteiger partial charge in [0, 0.05) is 5.69 Å². The molecule has 102 valence electrons. The summed E-state index contributed by atoms with van der Waals surface area (Å²) in [7, 11) is 0. The van der Waals surface area contributed by atoms with Crippen LogP contribution in [-0.2, 0) is 22.4 Å². The van der Waals surface area contributed by atoms with Gasteiger partial charge in [0.05, 0.1) is 0 Å². The summed E-state index contributed by atoms with van der Waals surface area (Å²) in [6.07, 6.45) is 3.27. The molecule has 1 aromatic rings. The van der Waals surface area contributed by atoms with Gasteiger partial charge in [-0.25, -0.2) is 0 Å². The number of anilines is 1. The highest BCUT2D eigenvalue weighted by Crippen LogP contribution is 2.25. The molecule has 0 spiro atoms. The predicted octanol–water partition coefficient (Wildman–Crippen LogP) is 2.47. The van der Waals surface area contributed by atoms with Crippen LogP contribution in [0.15, 0.2) is 18.2 Å². The second-order valence-electron chi connectivity index (χ2n) is 5.39. The molecule has 4 heteroatoms. The van der Waals surface area contributed by atoms with Gasteiger partial charge in [-0.1, -0.05) is 19.9 Å². The molecule has 2 rings (SSSR count). The first-order valence-corrected chi connectivity index (χ1v) is 6.64. The van der Waals surface area contributed by atoms with Crippen LogP contribution in [0.5, 0.6) is 0 Å². The van der Waals surface area contributed by atoms with Crippen molar-refractivity contribution >= 4 is 17.6 Å². The SMILES string of the molecule is CC(C)C(C(=O)O)C(=O)Nc1ccc2c(c1)CCC2. The highest BCUT2D eigenvalue weighted by molar-refractivity contribution is 6.04. The van der Waals surface area contributed by atoms with E-state index in [0.717, 1.165) is 19.3 Å². The van der Waals surface area contributed by atoms with Crippen molar-refractivity contribution in [2.45, 2.75) is 33.1 Å². The Labute approximate surface area is 112 Å². The number of amides is 1. The van der Waals surface area contributed by atoms with Gasteiger partial charge in [0.1, 0.15) is 5.92 Å². The Morgan fingerprint density at radius 2 is 1.89 bits per heavy atom. The molecule has 0 bridgehead atoms. The summed E-state index contributed by atoms with van der Waals surface area (Å²) >= 11 is 0. The van der Waals surface area contributed by atoms with E-state index >= 15 is 0 Å². The van der Waals surface area contributed by atoms with E-state index in [1.807, 2.05) is 18.2 Å². The minimum atomic E-state index is -1.08. The van der Waals surface area contributed by atoms with E-state index < -0.39 is 17.8 Å². The molecular weight excluding hydrogens is 242 g/mol. The third-order valence-electron chi connectivity index (χ3n) is 3.58. The molecule has 0 fully saturated rings. The lowest BCUT2D eigenvalue weighted by Crippen LogP contribution is -2.33. The van der Waals surface area contributed by atoms with Crippen LogP contribution in [0, 0.1) is 11.8 Å². The molecule has 0 aromatic heterocycles. The van der Waals surface area contributed by atoms with Crippen LogP contribution in [0.25, 0.3) is 0 Å². The molecule has 4 nitrogen and oxygen atoms in total. The molecule has 0 saturated carbocycles. The number of carbonyl (C=O) groups is 2. The predicted molar refractivity (Wildman–Crippen MR) is 73.1 cm³/mol. The van der Waals surface area contributed by atoms with Crippen molar-refractivity contribution in [3.63, 3.8) is 0 Å². The van der Waals surface area contributed by atoms with E-state index in [2.05, 4.69) is 5.32 Å². The highest BCUT2D eigenvalue weighted by Gasteiger charge is 2.29. The largest absolute Gasteiger partial charge is 0.481 e. The van der Waals surface area contributed by atoms with Crippen LogP contribution in [0.3, 0.4) is 0 Å². The Balaban J connectivity index is 2.12. The van der Waals surface area contributed by atoms with Crippen molar-refractivity contribution in [2.75, 3.05) is 5.32 Å². The molecule has 2 N–H and O–H groups in total. The maximum absolute atomic E-state index is 12.0. The van der Waals surface area contributed by atoms with E-state index in [1.165, 1.54) is 11.1 Å². The summed E-state index contributed by atoms with van der Waals surface area (Å²) in [5.74, 6) is -2.76. The Morgan fingerprint density at radius 1 is 1.21 bits per heavy atom. The fourth-order valence-corrected chi connectivity index (χ4v) is 2.57. The van der Waals surface area contributed by atoms with E-state index in [9.17, 15) is 9.59 Å². The Bertz CT molecular complexity index is 508. The zero-order chi connectivity index (χ0) is 14.0. The number of rotatable bonds is 4. The lowest BCUT2D eigenvalue weighted by Gasteiger charge is -2.16. The molecule has 1 atom stereocenters. The smallest absolute Gasteiger partial charge is 0.316 e.